The molecule has 1 N–H and O–H groups in total. The van der Waals surface area contributed by atoms with Crippen molar-refractivity contribution in [2.24, 2.45) is 0 Å². The lowest BCUT2D eigenvalue weighted by atomic mass is 10.1. The van der Waals surface area contributed by atoms with E-state index >= 15 is 0 Å². The quantitative estimate of drug-likeness (QED) is 0.783. The molecule has 2 rings (SSSR count). The zero-order valence-electron chi connectivity index (χ0n) is 8.37. The topological polar surface area (TPSA) is 50.9 Å². The molecule has 1 fully saturated rings. The number of aliphatic hydroxyl groups excluding tert-OH is 1. The molecule has 2 unspecified atom stereocenters. The van der Waals surface area contributed by atoms with Crippen LogP contribution in [0.25, 0.3) is 0 Å². The lowest BCUT2D eigenvalue weighted by Gasteiger charge is -2.10. The maximum atomic E-state index is 13.1. The Labute approximate surface area is 81.8 Å². The van der Waals surface area contributed by atoms with E-state index in [1.165, 1.54) is 0 Å². The number of alkyl halides is 1. The molecule has 1 heterocycles. The van der Waals surface area contributed by atoms with E-state index in [1.807, 2.05) is 13.8 Å². The summed E-state index contributed by atoms with van der Waals surface area (Å²) in [6, 6.07) is 0. The third-order valence-corrected chi connectivity index (χ3v) is 2.93. The molecule has 4 nitrogen and oxygen atoms in total. The molecule has 0 bridgehead atoms. The molecular weight excluding hydrogens is 185 g/mol. The fraction of sp³-hybridized carbons (Fsp3) is 0.778. The lowest BCUT2D eigenvalue weighted by Crippen LogP contribution is -2.15. The zero-order valence-corrected chi connectivity index (χ0v) is 8.37. The van der Waals surface area contributed by atoms with Crippen LogP contribution in [0.3, 0.4) is 0 Å². The van der Waals surface area contributed by atoms with Crippen LogP contribution in [-0.4, -0.2) is 26.0 Å². The van der Waals surface area contributed by atoms with E-state index in [9.17, 15) is 4.39 Å². The molecule has 0 radical (unpaired) electrons. The highest BCUT2D eigenvalue weighted by molar-refractivity contribution is 5.23. The lowest BCUT2D eigenvalue weighted by molar-refractivity contribution is 0.264. The second kappa shape index (κ2) is 3.02. The van der Waals surface area contributed by atoms with Crippen molar-refractivity contribution >= 4 is 0 Å². The average molecular weight is 199 g/mol. The van der Waals surface area contributed by atoms with E-state index in [-0.39, 0.29) is 6.61 Å². The highest BCUT2D eigenvalue weighted by Gasteiger charge is 2.56. The highest BCUT2D eigenvalue weighted by Crippen LogP contribution is 2.49. The van der Waals surface area contributed by atoms with Crippen LogP contribution in [0, 0.1) is 0 Å². The van der Waals surface area contributed by atoms with Crippen LogP contribution in [0.2, 0.25) is 0 Å². The molecule has 0 aliphatic heterocycles. The molecule has 0 spiro atoms. The maximum absolute atomic E-state index is 13.1. The Morgan fingerprint density at radius 1 is 1.64 bits per heavy atom. The van der Waals surface area contributed by atoms with Crippen LogP contribution in [0.4, 0.5) is 4.39 Å². The van der Waals surface area contributed by atoms with Crippen molar-refractivity contribution in [2.75, 3.05) is 0 Å². The Morgan fingerprint density at radius 2 is 2.29 bits per heavy atom. The van der Waals surface area contributed by atoms with E-state index < -0.39 is 11.6 Å². The number of hydrogen-bond acceptors (Lipinski definition) is 3. The molecule has 1 aromatic rings. The maximum Gasteiger partial charge on any atom is 0.158 e. The van der Waals surface area contributed by atoms with Gasteiger partial charge in [-0.3, -0.25) is 0 Å². The Bertz CT molecular complexity index is 352. The van der Waals surface area contributed by atoms with Crippen LogP contribution < -0.4 is 0 Å². The first-order valence-electron chi connectivity index (χ1n) is 4.81. The summed E-state index contributed by atoms with van der Waals surface area (Å²) in [5.41, 5.74) is -0.476. The van der Waals surface area contributed by atoms with Crippen molar-refractivity contribution in [1.29, 1.82) is 0 Å². The molecule has 0 saturated heterocycles. The van der Waals surface area contributed by atoms with E-state index in [0.29, 0.717) is 24.6 Å². The number of nitrogens with zero attached hydrogens (tertiary/aromatic N) is 3. The van der Waals surface area contributed by atoms with Crippen molar-refractivity contribution in [3.8, 4) is 0 Å². The average Bonchev–Trinajstić information content (AvgIpc) is 2.67. The van der Waals surface area contributed by atoms with Gasteiger partial charge in [-0.05, 0) is 20.3 Å². The van der Waals surface area contributed by atoms with Crippen molar-refractivity contribution < 1.29 is 9.50 Å². The molecule has 1 aliphatic carbocycles. The van der Waals surface area contributed by atoms with Gasteiger partial charge in [-0.15, -0.1) is 10.2 Å². The van der Waals surface area contributed by atoms with Crippen LogP contribution in [0.15, 0.2) is 0 Å². The van der Waals surface area contributed by atoms with E-state index in [2.05, 4.69) is 10.2 Å². The van der Waals surface area contributed by atoms with Crippen LogP contribution >= 0.6 is 0 Å². The summed E-state index contributed by atoms with van der Waals surface area (Å²) in [7, 11) is 0. The van der Waals surface area contributed by atoms with Gasteiger partial charge in [0.05, 0.1) is 5.41 Å². The van der Waals surface area contributed by atoms with Gasteiger partial charge in [0.1, 0.15) is 18.6 Å². The smallest absolute Gasteiger partial charge is 0.158 e. The van der Waals surface area contributed by atoms with Gasteiger partial charge >= 0.3 is 0 Å². The van der Waals surface area contributed by atoms with Crippen molar-refractivity contribution in [1.82, 2.24) is 14.8 Å². The fourth-order valence-corrected chi connectivity index (χ4v) is 1.75. The summed E-state index contributed by atoms with van der Waals surface area (Å²) >= 11 is 0. The van der Waals surface area contributed by atoms with Crippen LogP contribution in [0.5, 0.6) is 0 Å². The number of rotatable bonds is 3. The SMILES string of the molecule is CCn1c(CO)nnc1C1(C)CC1F. The highest BCUT2D eigenvalue weighted by atomic mass is 19.1. The first-order chi connectivity index (χ1) is 6.63. The summed E-state index contributed by atoms with van der Waals surface area (Å²) in [4.78, 5) is 0. The third-order valence-electron chi connectivity index (χ3n) is 2.93. The van der Waals surface area contributed by atoms with E-state index in [4.69, 9.17) is 5.11 Å². The molecule has 0 aromatic carbocycles. The van der Waals surface area contributed by atoms with Crippen LogP contribution in [0.1, 0.15) is 31.9 Å². The van der Waals surface area contributed by atoms with Gasteiger partial charge in [0, 0.05) is 6.54 Å². The first kappa shape index (κ1) is 9.58. The standard InChI is InChI=1S/C9H14FN3O/c1-3-13-7(5-14)11-12-8(13)9(2)4-6(9)10/h6,14H,3-5H2,1-2H3. The predicted octanol–water partition coefficient (Wildman–Crippen LogP) is 0.790. The molecule has 1 saturated carbocycles. The van der Waals surface area contributed by atoms with Crippen molar-refractivity contribution in [3.05, 3.63) is 11.6 Å². The molecule has 1 aliphatic rings. The largest absolute Gasteiger partial charge is 0.388 e. The number of aromatic nitrogens is 3. The number of aliphatic hydroxyl groups is 1. The summed E-state index contributed by atoms with van der Waals surface area (Å²) in [6.45, 7) is 4.30. The molecule has 5 heteroatoms. The fourth-order valence-electron chi connectivity index (χ4n) is 1.75. The molecular formula is C9H14FN3O. The van der Waals surface area contributed by atoms with Crippen LogP contribution in [-0.2, 0) is 18.6 Å². The van der Waals surface area contributed by atoms with Gasteiger partial charge in [-0.1, -0.05) is 0 Å². The van der Waals surface area contributed by atoms with E-state index in [0.717, 1.165) is 0 Å². The summed E-state index contributed by atoms with van der Waals surface area (Å²) < 4.78 is 14.9. The zero-order chi connectivity index (χ0) is 10.3. The number of hydrogen-bond donors (Lipinski definition) is 1. The Hall–Kier alpha value is -0.970. The molecule has 78 valence electrons. The second-order valence-corrected chi connectivity index (χ2v) is 3.93. The van der Waals surface area contributed by atoms with Crippen molar-refractivity contribution in [2.45, 2.75) is 45.0 Å². The minimum Gasteiger partial charge on any atom is -0.388 e. The van der Waals surface area contributed by atoms with Gasteiger partial charge in [-0.2, -0.15) is 0 Å². The van der Waals surface area contributed by atoms with Gasteiger partial charge in [0.15, 0.2) is 5.82 Å². The minimum atomic E-state index is -0.816. The van der Waals surface area contributed by atoms with Gasteiger partial charge in [0.25, 0.3) is 0 Å². The first-order valence-corrected chi connectivity index (χ1v) is 4.81. The van der Waals surface area contributed by atoms with Gasteiger partial charge in [-0.25, -0.2) is 4.39 Å². The number of halogens is 1. The Kier molecular flexibility index (Phi) is 2.06. The molecule has 2 atom stereocenters. The third kappa shape index (κ3) is 1.15. The minimum absolute atomic E-state index is 0.145. The molecule has 0 amide bonds. The Morgan fingerprint density at radius 3 is 2.71 bits per heavy atom. The van der Waals surface area contributed by atoms with Gasteiger partial charge < -0.3 is 9.67 Å². The normalized spacial score (nSPS) is 30.7. The van der Waals surface area contributed by atoms with Gasteiger partial charge in [0.2, 0.25) is 0 Å². The summed E-state index contributed by atoms with van der Waals surface area (Å²) in [6.07, 6.45) is -0.306. The molecule has 14 heavy (non-hydrogen) atoms. The predicted molar refractivity (Wildman–Crippen MR) is 48.5 cm³/mol. The van der Waals surface area contributed by atoms with E-state index in [1.54, 1.807) is 4.57 Å². The second-order valence-electron chi connectivity index (χ2n) is 3.93. The Balaban J connectivity index is 2.39. The molecule has 1 aromatic heterocycles. The summed E-state index contributed by atoms with van der Waals surface area (Å²) in [5.74, 6) is 1.18. The van der Waals surface area contributed by atoms with Crippen molar-refractivity contribution in [3.63, 3.8) is 0 Å². The monoisotopic (exact) mass is 199 g/mol. The summed E-state index contributed by atoms with van der Waals surface area (Å²) in [5, 5.41) is 16.8.